The topological polar surface area (TPSA) is 17.1 Å². The van der Waals surface area contributed by atoms with E-state index in [0.717, 1.165) is 12.8 Å². The standard InChI is InChI=1S/C35H32O/c1-24-14-18-29(19-15-24)35(30-20-16-25(2)17-21-30)33-23-31(26(3)36)22-32(33)34(27-10-6-4-7-11-27)28-12-8-5-9-13-28/h4-21,31H,22-23H2,1-3H3. The Labute approximate surface area is 214 Å². The predicted molar refractivity (Wildman–Crippen MR) is 151 cm³/mol. The minimum Gasteiger partial charge on any atom is -0.300 e. The van der Waals surface area contributed by atoms with Gasteiger partial charge in [-0.3, -0.25) is 4.79 Å². The summed E-state index contributed by atoms with van der Waals surface area (Å²) in [5.41, 5.74) is 12.3. The summed E-state index contributed by atoms with van der Waals surface area (Å²) in [7, 11) is 0. The number of rotatable bonds is 5. The number of Topliss-reactive ketones (excluding diaryl/α,β-unsaturated/α-hetero) is 1. The van der Waals surface area contributed by atoms with E-state index in [0.29, 0.717) is 0 Å². The molecule has 1 aliphatic rings. The first-order valence-electron chi connectivity index (χ1n) is 12.7. The van der Waals surface area contributed by atoms with Gasteiger partial charge in [0.05, 0.1) is 0 Å². The molecular weight excluding hydrogens is 436 g/mol. The summed E-state index contributed by atoms with van der Waals surface area (Å²) >= 11 is 0. The first-order chi connectivity index (χ1) is 17.5. The minimum atomic E-state index is -0.0108. The zero-order valence-corrected chi connectivity index (χ0v) is 21.3. The zero-order valence-electron chi connectivity index (χ0n) is 21.3. The summed E-state index contributed by atoms with van der Waals surface area (Å²) in [6, 6.07) is 38.9. The molecule has 0 aromatic heterocycles. The first-order valence-corrected chi connectivity index (χ1v) is 12.7. The van der Waals surface area contributed by atoms with Crippen molar-refractivity contribution in [3.8, 4) is 0 Å². The van der Waals surface area contributed by atoms with Crippen LogP contribution in [0.4, 0.5) is 0 Å². The molecule has 1 unspecified atom stereocenters. The van der Waals surface area contributed by atoms with Gasteiger partial charge in [0.25, 0.3) is 0 Å². The van der Waals surface area contributed by atoms with E-state index in [1.807, 2.05) is 0 Å². The largest absolute Gasteiger partial charge is 0.300 e. The maximum absolute atomic E-state index is 12.8. The van der Waals surface area contributed by atoms with Gasteiger partial charge in [-0.05, 0) is 78.2 Å². The van der Waals surface area contributed by atoms with Crippen LogP contribution in [0.25, 0.3) is 11.1 Å². The molecule has 5 rings (SSSR count). The molecule has 0 radical (unpaired) electrons. The third-order valence-corrected chi connectivity index (χ3v) is 7.25. The van der Waals surface area contributed by atoms with Crippen molar-refractivity contribution in [1.82, 2.24) is 0 Å². The molecule has 178 valence electrons. The van der Waals surface area contributed by atoms with Gasteiger partial charge in [0.15, 0.2) is 0 Å². The lowest BCUT2D eigenvalue weighted by atomic mass is 9.85. The second kappa shape index (κ2) is 10.3. The van der Waals surface area contributed by atoms with E-state index >= 15 is 0 Å². The highest BCUT2D eigenvalue weighted by Gasteiger charge is 2.33. The van der Waals surface area contributed by atoms with Crippen LogP contribution < -0.4 is 0 Å². The lowest BCUT2D eigenvalue weighted by Gasteiger charge is -2.19. The monoisotopic (exact) mass is 468 g/mol. The van der Waals surface area contributed by atoms with Gasteiger partial charge in [-0.2, -0.15) is 0 Å². The molecule has 0 amide bonds. The molecule has 4 aromatic rings. The van der Waals surface area contributed by atoms with E-state index in [9.17, 15) is 4.79 Å². The van der Waals surface area contributed by atoms with Crippen molar-refractivity contribution >= 4 is 16.9 Å². The van der Waals surface area contributed by atoms with E-state index < -0.39 is 0 Å². The van der Waals surface area contributed by atoms with Crippen molar-refractivity contribution in [3.05, 3.63) is 154 Å². The van der Waals surface area contributed by atoms with Crippen molar-refractivity contribution in [2.75, 3.05) is 0 Å². The first kappa shape index (κ1) is 23.8. The number of allylic oxidation sites excluding steroid dienone is 2. The Hall–Kier alpha value is -3.97. The van der Waals surface area contributed by atoms with Gasteiger partial charge < -0.3 is 0 Å². The van der Waals surface area contributed by atoms with E-state index in [2.05, 4.69) is 123 Å². The number of hydrogen-bond donors (Lipinski definition) is 0. The lowest BCUT2D eigenvalue weighted by Crippen LogP contribution is -2.05. The fourth-order valence-electron chi connectivity index (χ4n) is 5.29. The van der Waals surface area contributed by atoms with Gasteiger partial charge in [0.1, 0.15) is 5.78 Å². The number of hydrogen-bond acceptors (Lipinski definition) is 1. The molecule has 36 heavy (non-hydrogen) atoms. The second-order valence-corrected chi connectivity index (χ2v) is 9.89. The van der Waals surface area contributed by atoms with Gasteiger partial charge in [0.2, 0.25) is 0 Å². The smallest absolute Gasteiger partial charge is 0.133 e. The van der Waals surface area contributed by atoms with Crippen LogP contribution in [-0.2, 0) is 4.79 Å². The molecule has 4 aromatic carbocycles. The number of aryl methyl sites for hydroxylation is 2. The predicted octanol–water partition coefficient (Wildman–Crippen LogP) is 8.61. The van der Waals surface area contributed by atoms with Crippen LogP contribution in [0.2, 0.25) is 0 Å². The number of carbonyl (C=O) groups excluding carboxylic acids is 1. The van der Waals surface area contributed by atoms with Crippen LogP contribution in [0.15, 0.2) is 120 Å². The Kier molecular flexibility index (Phi) is 6.82. The molecule has 1 atom stereocenters. The van der Waals surface area contributed by atoms with Crippen molar-refractivity contribution in [2.45, 2.75) is 33.6 Å². The highest BCUT2D eigenvalue weighted by molar-refractivity contribution is 5.94. The Morgan fingerprint density at radius 1 is 0.528 bits per heavy atom. The number of benzene rings is 4. The second-order valence-electron chi connectivity index (χ2n) is 9.89. The summed E-state index contributed by atoms with van der Waals surface area (Å²) in [5.74, 6) is 0.249. The molecule has 1 heteroatoms. The third-order valence-electron chi connectivity index (χ3n) is 7.25. The molecule has 1 saturated carbocycles. The Balaban J connectivity index is 1.87. The van der Waals surface area contributed by atoms with Crippen molar-refractivity contribution in [2.24, 2.45) is 5.92 Å². The summed E-state index contributed by atoms with van der Waals surface area (Å²) in [6.45, 7) is 5.99. The van der Waals surface area contributed by atoms with E-state index in [4.69, 9.17) is 0 Å². The fraction of sp³-hybridized carbons (Fsp3) is 0.171. The molecular formula is C35H32O. The van der Waals surface area contributed by atoms with Gasteiger partial charge in [-0.1, -0.05) is 120 Å². The molecule has 1 nitrogen and oxygen atoms in total. The van der Waals surface area contributed by atoms with Gasteiger partial charge >= 0.3 is 0 Å². The molecule has 1 fully saturated rings. The molecule has 0 N–H and O–H groups in total. The molecule has 0 bridgehead atoms. The number of carbonyl (C=O) groups is 1. The summed E-state index contributed by atoms with van der Waals surface area (Å²) < 4.78 is 0. The molecule has 0 heterocycles. The van der Waals surface area contributed by atoms with Crippen molar-refractivity contribution in [3.63, 3.8) is 0 Å². The Morgan fingerprint density at radius 3 is 1.19 bits per heavy atom. The van der Waals surface area contributed by atoms with E-state index in [1.54, 1.807) is 6.92 Å². The lowest BCUT2D eigenvalue weighted by molar-refractivity contribution is -0.120. The van der Waals surface area contributed by atoms with Crippen LogP contribution >= 0.6 is 0 Å². The van der Waals surface area contributed by atoms with E-state index in [1.165, 1.54) is 55.7 Å². The van der Waals surface area contributed by atoms with Crippen molar-refractivity contribution in [1.29, 1.82) is 0 Å². The van der Waals surface area contributed by atoms with Crippen LogP contribution in [0.5, 0.6) is 0 Å². The number of ketones is 1. The normalized spacial score (nSPS) is 15.1. The van der Waals surface area contributed by atoms with Crippen molar-refractivity contribution < 1.29 is 4.79 Å². The minimum absolute atomic E-state index is 0.0108. The van der Waals surface area contributed by atoms with E-state index in [-0.39, 0.29) is 11.7 Å². The SMILES string of the molecule is CC(=O)C1CC(=C(c2ccccc2)c2ccccc2)C(=C(c2ccc(C)cc2)c2ccc(C)cc2)C1. The summed E-state index contributed by atoms with van der Waals surface area (Å²) in [6.07, 6.45) is 1.51. The Bertz CT molecular complexity index is 1330. The zero-order chi connectivity index (χ0) is 25.1. The van der Waals surface area contributed by atoms with Gasteiger partial charge in [-0.15, -0.1) is 0 Å². The van der Waals surface area contributed by atoms with Gasteiger partial charge in [-0.25, -0.2) is 0 Å². The van der Waals surface area contributed by atoms with Crippen LogP contribution in [0, 0.1) is 19.8 Å². The average Bonchev–Trinajstić information content (AvgIpc) is 3.33. The third kappa shape index (κ3) is 4.88. The quantitative estimate of drug-likeness (QED) is 0.286. The maximum atomic E-state index is 12.8. The highest BCUT2D eigenvalue weighted by Crippen LogP contribution is 2.47. The fourth-order valence-corrected chi connectivity index (χ4v) is 5.29. The molecule has 0 spiro atoms. The Morgan fingerprint density at radius 2 is 0.861 bits per heavy atom. The van der Waals surface area contributed by atoms with Gasteiger partial charge in [0, 0.05) is 5.92 Å². The van der Waals surface area contributed by atoms with Crippen LogP contribution in [0.3, 0.4) is 0 Å². The van der Waals surface area contributed by atoms with Crippen LogP contribution in [-0.4, -0.2) is 5.78 Å². The summed E-state index contributed by atoms with van der Waals surface area (Å²) in [5, 5.41) is 0. The average molecular weight is 469 g/mol. The maximum Gasteiger partial charge on any atom is 0.133 e. The molecule has 0 aliphatic heterocycles. The van der Waals surface area contributed by atoms with Crippen LogP contribution in [0.1, 0.15) is 53.1 Å². The molecule has 1 aliphatic carbocycles. The summed E-state index contributed by atoms with van der Waals surface area (Å²) in [4.78, 5) is 12.8. The molecule has 0 saturated heterocycles. The highest BCUT2D eigenvalue weighted by atomic mass is 16.1.